The molecular weight excluding hydrogens is 360 g/mol. The topological polar surface area (TPSA) is 78.8 Å². The lowest BCUT2D eigenvalue weighted by Gasteiger charge is -2.30. The van der Waals surface area contributed by atoms with Crippen molar-refractivity contribution in [1.82, 2.24) is 9.88 Å². The van der Waals surface area contributed by atoms with Crippen molar-refractivity contribution in [2.24, 2.45) is 7.05 Å². The fourth-order valence-corrected chi connectivity index (χ4v) is 3.41. The summed E-state index contributed by atoms with van der Waals surface area (Å²) >= 11 is 0. The minimum atomic E-state index is -0.212. The first-order valence-electron chi connectivity index (χ1n) is 9.37. The number of hydrogen-bond donors (Lipinski definition) is 1. The maximum absolute atomic E-state index is 12.4. The number of aromatic nitrogens is 1. The molecule has 0 spiro atoms. The van der Waals surface area contributed by atoms with E-state index in [9.17, 15) is 9.59 Å². The summed E-state index contributed by atoms with van der Waals surface area (Å²) < 4.78 is 18.3. The van der Waals surface area contributed by atoms with Crippen LogP contribution in [0.4, 0.5) is 0 Å². The number of carbonyl (C=O) groups is 1. The summed E-state index contributed by atoms with van der Waals surface area (Å²) in [7, 11) is 4.84. The summed E-state index contributed by atoms with van der Waals surface area (Å²) in [4.78, 5) is 24.1. The number of para-hydroxylation sites is 1. The number of pyridine rings is 1. The van der Waals surface area contributed by atoms with Gasteiger partial charge in [-0.25, -0.2) is 0 Å². The van der Waals surface area contributed by atoms with Crippen LogP contribution in [0.25, 0.3) is 0 Å². The zero-order valence-electron chi connectivity index (χ0n) is 16.4. The Kier molecular flexibility index (Phi) is 6.23. The predicted molar refractivity (Wildman–Crippen MR) is 105 cm³/mol. The molecule has 0 saturated heterocycles. The minimum absolute atomic E-state index is 0.0539. The molecule has 28 heavy (non-hydrogen) atoms. The Morgan fingerprint density at radius 3 is 2.43 bits per heavy atom. The van der Waals surface area contributed by atoms with E-state index in [1.807, 2.05) is 18.2 Å². The second kappa shape index (κ2) is 8.82. The van der Waals surface area contributed by atoms with Gasteiger partial charge in [0.1, 0.15) is 0 Å². The molecule has 0 bridgehead atoms. The molecule has 0 radical (unpaired) electrons. The maximum atomic E-state index is 12.4. The average Bonchev–Trinajstić information content (AvgIpc) is 2.71. The van der Waals surface area contributed by atoms with Crippen LogP contribution in [0.3, 0.4) is 0 Å². The first-order valence-corrected chi connectivity index (χ1v) is 9.37. The molecule has 1 aliphatic carbocycles. The third-order valence-corrected chi connectivity index (χ3v) is 5.04. The quantitative estimate of drug-likeness (QED) is 0.825. The first kappa shape index (κ1) is 19.8. The van der Waals surface area contributed by atoms with E-state index in [2.05, 4.69) is 5.32 Å². The number of rotatable bonds is 6. The summed E-state index contributed by atoms with van der Waals surface area (Å²) in [6.45, 7) is 0. The average molecular weight is 386 g/mol. The Balaban J connectivity index is 1.55. The monoisotopic (exact) mass is 386 g/mol. The molecule has 150 valence electrons. The number of methoxy groups -OCH3 is 2. The van der Waals surface area contributed by atoms with E-state index in [0.29, 0.717) is 22.8 Å². The van der Waals surface area contributed by atoms with Crippen molar-refractivity contribution >= 4 is 5.91 Å². The second-order valence-electron chi connectivity index (χ2n) is 6.92. The van der Waals surface area contributed by atoms with E-state index < -0.39 is 0 Å². The number of amides is 1. The number of benzene rings is 1. The van der Waals surface area contributed by atoms with Crippen molar-refractivity contribution in [3.8, 4) is 17.2 Å². The molecule has 0 atom stereocenters. The summed E-state index contributed by atoms with van der Waals surface area (Å²) in [5.41, 5.74) is 0.194. The zero-order chi connectivity index (χ0) is 20.1. The van der Waals surface area contributed by atoms with Gasteiger partial charge in [0.25, 0.3) is 11.5 Å². The molecule has 1 amide bonds. The molecule has 3 rings (SSSR count). The number of nitrogens with zero attached hydrogens (tertiary/aromatic N) is 1. The number of aryl methyl sites for hydroxylation is 1. The van der Waals surface area contributed by atoms with Crippen LogP contribution >= 0.6 is 0 Å². The van der Waals surface area contributed by atoms with E-state index in [0.717, 1.165) is 25.7 Å². The highest BCUT2D eigenvalue weighted by molar-refractivity contribution is 5.94. The third-order valence-electron chi connectivity index (χ3n) is 5.04. The van der Waals surface area contributed by atoms with Gasteiger partial charge in [-0.1, -0.05) is 6.07 Å². The zero-order valence-corrected chi connectivity index (χ0v) is 16.4. The van der Waals surface area contributed by atoms with Gasteiger partial charge in [-0.2, -0.15) is 0 Å². The van der Waals surface area contributed by atoms with Gasteiger partial charge in [-0.15, -0.1) is 0 Å². The molecule has 7 nitrogen and oxygen atoms in total. The molecule has 1 N–H and O–H groups in total. The predicted octanol–water partition coefficient (Wildman–Crippen LogP) is 2.52. The molecule has 0 unspecified atom stereocenters. The molecule has 1 saturated carbocycles. The molecular formula is C21H26N2O5. The minimum Gasteiger partial charge on any atom is -0.493 e. The molecule has 1 heterocycles. The number of hydrogen-bond acceptors (Lipinski definition) is 5. The second-order valence-corrected chi connectivity index (χ2v) is 6.92. The van der Waals surface area contributed by atoms with Gasteiger partial charge >= 0.3 is 0 Å². The van der Waals surface area contributed by atoms with Crippen molar-refractivity contribution < 1.29 is 19.0 Å². The van der Waals surface area contributed by atoms with Gasteiger partial charge in [0.15, 0.2) is 11.5 Å². The van der Waals surface area contributed by atoms with E-state index in [1.54, 1.807) is 33.5 Å². The SMILES string of the molecule is COc1cccc(OC2CCC(NC(=O)c3ccn(C)c(=O)c3)CC2)c1OC. The van der Waals surface area contributed by atoms with Gasteiger partial charge < -0.3 is 24.1 Å². The van der Waals surface area contributed by atoms with Crippen LogP contribution in [-0.4, -0.2) is 36.8 Å². The van der Waals surface area contributed by atoms with E-state index in [1.165, 1.54) is 10.6 Å². The maximum Gasteiger partial charge on any atom is 0.251 e. The third kappa shape index (κ3) is 4.47. The molecule has 0 aliphatic heterocycles. The number of ether oxygens (including phenoxy) is 3. The first-order chi connectivity index (χ1) is 13.5. The van der Waals surface area contributed by atoms with E-state index in [4.69, 9.17) is 14.2 Å². The number of nitrogens with one attached hydrogen (secondary N) is 1. The van der Waals surface area contributed by atoms with Crippen molar-refractivity contribution in [2.45, 2.75) is 37.8 Å². The van der Waals surface area contributed by atoms with Crippen molar-refractivity contribution in [3.05, 3.63) is 52.4 Å². The molecule has 1 aromatic carbocycles. The molecule has 2 aromatic rings. The lowest BCUT2D eigenvalue weighted by Crippen LogP contribution is -2.40. The summed E-state index contributed by atoms with van der Waals surface area (Å²) in [5.74, 6) is 1.67. The van der Waals surface area contributed by atoms with Crippen molar-refractivity contribution in [3.63, 3.8) is 0 Å². The normalized spacial score (nSPS) is 19.0. The lowest BCUT2D eigenvalue weighted by molar-refractivity contribution is 0.0891. The lowest BCUT2D eigenvalue weighted by atomic mass is 9.92. The highest BCUT2D eigenvalue weighted by atomic mass is 16.5. The van der Waals surface area contributed by atoms with Crippen LogP contribution < -0.4 is 25.1 Å². The molecule has 1 aliphatic rings. The Labute approximate surface area is 164 Å². The van der Waals surface area contributed by atoms with Crippen LogP contribution in [0, 0.1) is 0 Å². The van der Waals surface area contributed by atoms with Crippen LogP contribution in [0.1, 0.15) is 36.0 Å². The Morgan fingerprint density at radius 2 is 1.79 bits per heavy atom. The Hall–Kier alpha value is -2.96. The number of carbonyl (C=O) groups excluding carboxylic acids is 1. The van der Waals surface area contributed by atoms with Crippen LogP contribution in [0.2, 0.25) is 0 Å². The summed E-state index contributed by atoms with van der Waals surface area (Å²) in [5, 5.41) is 3.02. The van der Waals surface area contributed by atoms with Crippen LogP contribution in [-0.2, 0) is 7.05 Å². The van der Waals surface area contributed by atoms with Crippen molar-refractivity contribution in [2.75, 3.05) is 14.2 Å². The van der Waals surface area contributed by atoms with Gasteiger partial charge in [0, 0.05) is 30.9 Å². The highest BCUT2D eigenvalue weighted by Crippen LogP contribution is 2.38. The standard InChI is InChI=1S/C21H26N2O5/c1-23-12-11-14(13-19(23)24)21(25)22-15-7-9-16(10-8-15)28-18-6-4-5-17(26-2)20(18)27-3/h4-6,11-13,15-16H,7-10H2,1-3H3,(H,22,25). The summed E-state index contributed by atoms with van der Waals surface area (Å²) in [6, 6.07) is 8.65. The summed E-state index contributed by atoms with van der Waals surface area (Å²) in [6.07, 6.45) is 4.92. The van der Waals surface area contributed by atoms with Crippen LogP contribution in [0.15, 0.2) is 41.3 Å². The van der Waals surface area contributed by atoms with Crippen LogP contribution in [0.5, 0.6) is 17.2 Å². The Bertz CT molecular complexity index is 885. The Morgan fingerprint density at radius 1 is 1.07 bits per heavy atom. The van der Waals surface area contributed by atoms with E-state index >= 15 is 0 Å². The van der Waals surface area contributed by atoms with Gasteiger partial charge in [-0.3, -0.25) is 9.59 Å². The fourth-order valence-electron chi connectivity index (χ4n) is 3.41. The molecule has 1 aromatic heterocycles. The van der Waals surface area contributed by atoms with Gasteiger partial charge in [0.2, 0.25) is 5.75 Å². The smallest absolute Gasteiger partial charge is 0.251 e. The van der Waals surface area contributed by atoms with Gasteiger partial charge in [0.05, 0.1) is 20.3 Å². The highest BCUT2D eigenvalue weighted by Gasteiger charge is 2.25. The molecule has 7 heteroatoms. The fraction of sp³-hybridized carbons (Fsp3) is 0.429. The molecule has 1 fully saturated rings. The van der Waals surface area contributed by atoms with Crippen molar-refractivity contribution in [1.29, 1.82) is 0 Å². The van der Waals surface area contributed by atoms with Gasteiger partial charge in [-0.05, 0) is 43.9 Å². The largest absolute Gasteiger partial charge is 0.493 e. The van der Waals surface area contributed by atoms with E-state index in [-0.39, 0.29) is 23.6 Å².